The first kappa shape index (κ1) is 12.5. The van der Waals surface area contributed by atoms with Gasteiger partial charge >= 0.3 is 0 Å². The summed E-state index contributed by atoms with van der Waals surface area (Å²) in [4.78, 5) is 12.3. The number of thioether (sulfide) groups is 1. The van der Waals surface area contributed by atoms with Gasteiger partial charge in [0, 0.05) is 36.2 Å². The van der Waals surface area contributed by atoms with Crippen LogP contribution in [-0.2, 0) is 4.79 Å². The monoisotopic (exact) mass is 250 g/mol. The third-order valence-electron chi connectivity index (χ3n) is 2.77. The van der Waals surface area contributed by atoms with E-state index in [2.05, 4.69) is 34.9 Å². The van der Waals surface area contributed by atoms with Gasteiger partial charge in [-0.2, -0.15) is 0 Å². The average Bonchev–Trinajstić information content (AvgIpc) is 2.76. The van der Waals surface area contributed by atoms with Gasteiger partial charge in [0.1, 0.15) is 0 Å². The molecule has 1 amide bonds. The van der Waals surface area contributed by atoms with Gasteiger partial charge in [0.25, 0.3) is 0 Å². The van der Waals surface area contributed by atoms with Gasteiger partial charge in [-0.15, -0.1) is 11.8 Å². The molecule has 0 aliphatic carbocycles. The number of rotatable bonds is 6. The van der Waals surface area contributed by atoms with E-state index in [0.717, 1.165) is 25.3 Å². The van der Waals surface area contributed by atoms with Gasteiger partial charge in [0.05, 0.1) is 0 Å². The Morgan fingerprint density at radius 2 is 2.18 bits per heavy atom. The van der Waals surface area contributed by atoms with Crippen molar-refractivity contribution in [1.82, 2.24) is 10.6 Å². The number of carbonyl (C=O) groups excluding carboxylic acids is 1. The molecule has 1 aliphatic heterocycles. The first-order valence-corrected chi connectivity index (χ1v) is 7.01. The fourth-order valence-electron chi connectivity index (χ4n) is 1.86. The molecule has 0 spiro atoms. The van der Waals surface area contributed by atoms with Crippen LogP contribution in [0, 0.1) is 0 Å². The molecule has 1 fully saturated rings. The van der Waals surface area contributed by atoms with Gasteiger partial charge in [-0.05, 0) is 18.6 Å². The van der Waals surface area contributed by atoms with E-state index in [9.17, 15) is 4.79 Å². The summed E-state index contributed by atoms with van der Waals surface area (Å²) in [5.74, 6) is 1.25. The van der Waals surface area contributed by atoms with E-state index in [1.165, 1.54) is 4.90 Å². The van der Waals surface area contributed by atoms with Crippen LogP contribution < -0.4 is 10.6 Å². The third-order valence-corrected chi connectivity index (χ3v) is 3.78. The lowest BCUT2D eigenvalue weighted by Crippen LogP contribution is -2.36. The first-order valence-electron chi connectivity index (χ1n) is 6.02. The zero-order valence-corrected chi connectivity index (χ0v) is 10.6. The highest BCUT2D eigenvalue weighted by molar-refractivity contribution is 7.99. The van der Waals surface area contributed by atoms with E-state index in [0.29, 0.717) is 12.5 Å². The van der Waals surface area contributed by atoms with Gasteiger partial charge in [-0.1, -0.05) is 18.2 Å². The Hall–Kier alpha value is -1.00. The Morgan fingerprint density at radius 1 is 1.35 bits per heavy atom. The zero-order chi connectivity index (χ0) is 11.9. The molecule has 0 aromatic heterocycles. The molecule has 0 radical (unpaired) electrons. The van der Waals surface area contributed by atoms with Gasteiger partial charge in [0.2, 0.25) is 5.91 Å². The van der Waals surface area contributed by atoms with Gasteiger partial charge < -0.3 is 10.6 Å². The molecule has 1 aliphatic rings. The van der Waals surface area contributed by atoms with Crippen LogP contribution >= 0.6 is 11.8 Å². The molecule has 0 bridgehead atoms. The second-order valence-corrected chi connectivity index (χ2v) is 5.34. The summed E-state index contributed by atoms with van der Waals surface area (Å²) < 4.78 is 0. The van der Waals surface area contributed by atoms with E-state index >= 15 is 0 Å². The molecule has 4 heteroatoms. The molecule has 1 atom stereocenters. The maximum atomic E-state index is 11.0. The largest absolute Gasteiger partial charge is 0.352 e. The normalized spacial score (nSPS) is 19.3. The summed E-state index contributed by atoms with van der Waals surface area (Å²) in [7, 11) is 0. The van der Waals surface area contributed by atoms with Crippen LogP contribution in [0.4, 0.5) is 0 Å². The smallest absolute Gasteiger partial charge is 0.220 e. The van der Waals surface area contributed by atoms with Crippen LogP contribution in [0.5, 0.6) is 0 Å². The van der Waals surface area contributed by atoms with E-state index < -0.39 is 0 Å². The quantitative estimate of drug-likeness (QED) is 0.596. The lowest BCUT2D eigenvalue weighted by atomic mass is 10.2. The second-order valence-electron chi connectivity index (χ2n) is 4.17. The molecule has 1 saturated heterocycles. The highest BCUT2D eigenvalue weighted by Gasteiger charge is 2.19. The fraction of sp³-hybridized carbons (Fsp3) is 0.462. The number of benzene rings is 1. The van der Waals surface area contributed by atoms with Gasteiger partial charge in [-0.25, -0.2) is 0 Å². The van der Waals surface area contributed by atoms with Crippen LogP contribution in [0.15, 0.2) is 35.2 Å². The summed E-state index contributed by atoms with van der Waals surface area (Å²) in [5, 5.41) is 6.34. The maximum absolute atomic E-state index is 11.0. The van der Waals surface area contributed by atoms with Crippen molar-refractivity contribution in [3.8, 4) is 0 Å². The summed E-state index contributed by atoms with van der Waals surface area (Å²) in [5.41, 5.74) is 0. The molecule has 0 saturated carbocycles. The SMILES string of the molecule is O=C1CCC(CNCCSc2ccccc2)N1. The van der Waals surface area contributed by atoms with Crippen molar-refractivity contribution in [2.24, 2.45) is 0 Å². The Balaban J connectivity index is 1.53. The highest BCUT2D eigenvalue weighted by atomic mass is 32.2. The van der Waals surface area contributed by atoms with Crippen LogP contribution in [0.2, 0.25) is 0 Å². The summed E-state index contributed by atoms with van der Waals surface area (Å²) in [6, 6.07) is 10.7. The molecule has 92 valence electrons. The van der Waals surface area contributed by atoms with E-state index in [1.807, 2.05) is 17.8 Å². The Morgan fingerprint density at radius 3 is 2.88 bits per heavy atom. The molecule has 1 unspecified atom stereocenters. The molecule has 1 heterocycles. The average molecular weight is 250 g/mol. The van der Waals surface area contributed by atoms with Crippen LogP contribution in [0.25, 0.3) is 0 Å². The number of hydrogen-bond acceptors (Lipinski definition) is 3. The van der Waals surface area contributed by atoms with Crippen molar-refractivity contribution in [1.29, 1.82) is 0 Å². The Kier molecular flexibility index (Phi) is 4.88. The number of amides is 1. The topological polar surface area (TPSA) is 41.1 Å². The molecule has 2 N–H and O–H groups in total. The minimum absolute atomic E-state index is 0.190. The lowest BCUT2D eigenvalue weighted by Gasteiger charge is -2.10. The summed E-state index contributed by atoms with van der Waals surface area (Å²) in [6.45, 7) is 1.87. The molecule has 17 heavy (non-hydrogen) atoms. The van der Waals surface area contributed by atoms with Gasteiger partial charge in [0.15, 0.2) is 0 Å². The molecular formula is C13H18N2OS. The minimum atomic E-state index is 0.190. The molecule has 1 aromatic rings. The first-order chi connectivity index (χ1) is 8.34. The van der Waals surface area contributed by atoms with Gasteiger partial charge in [-0.3, -0.25) is 4.79 Å². The van der Waals surface area contributed by atoms with Crippen LogP contribution in [-0.4, -0.2) is 30.8 Å². The van der Waals surface area contributed by atoms with Crippen molar-refractivity contribution in [2.75, 3.05) is 18.8 Å². The van der Waals surface area contributed by atoms with Crippen LogP contribution in [0.3, 0.4) is 0 Å². The minimum Gasteiger partial charge on any atom is -0.352 e. The number of nitrogens with one attached hydrogen (secondary N) is 2. The lowest BCUT2D eigenvalue weighted by molar-refractivity contribution is -0.119. The predicted octanol–water partition coefficient (Wildman–Crippen LogP) is 1.65. The van der Waals surface area contributed by atoms with Crippen molar-refractivity contribution >= 4 is 17.7 Å². The van der Waals surface area contributed by atoms with Crippen LogP contribution in [0.1, 0.15) is 12.8 Å². The zero-order valence-electron chi connectivity index (χ0n) is 9.82. The number of hydrogen-bond donors (Lipinski definition) is 2. The second kappa shape index (κ2) is 6.67. The number of carbonyl (C=O) groups is 1. The standard InChI is InChI=1S/C13H18N2OS/c16-13-7-6-11(15-13)10-14-8-9-17-12-4-2-1-3-5-12/h1-5,11,14H,6-10H2,(H,15,16). The van der Waals surface area contributed by atoms with Crippen molar-refractivity contribution in [3.63, 3.8) is 0 Å². The van der Waals surface area contributed by atoms with Crippen molar-refractivity contribution in [3.05, 3.63) is 30.3 Å². The highest BCUT2D eigenvalue weighted by Crippen LogP contribution is 2.15. The Bertz CT molecular complexity index is 356. The maximum Gasteiger partial charge on any atom is 0.220 e. The van der Waals surface area contributed by atoms with Crippen molar-refractivity contribution in [2.45, 2.75) is 23.8 Å². The summed E-state index contributed by atoms with van der Waals surface area (Å²) in [6.07, 6.45) is 1.66. The Labute approximate surface area is 106 Å². The molecule has 3 nitrogen and oxygen atoms in total. The van der Waals surface area contributed by atoms with E-state index in [1.54, 1.807) is 0 Å². The molecule has 2 rings (SSSR count). The predicted molar refractivity (Wildman–Crippen MR) is 71.2 cm³/mol. The summed E-state index contributed by atoms with van der Waals surface area (Å²) >= 11 is 1.85. The molecular weight excluding hydrogens is 232 g/mol. The molecule has 1 aromatic carbocycles. The van der Waals surface area contributed by atoms with Crippen molar-refractivity contribution < 1.29 is 4.79 Å². The third kappa shape index (κ3) is 4.40. The van der Waals surface area contributed by atoms with E-state index in [4.69, 9.17) is 0 Å². The van der Waals surface area contributed by atoms with E-state index in [-0.39, 0.29) is 5.91 Å². The fourth-order valence-corrected chi connectivity index (χ4v) is 2.70.